The van der Waals surface area contributed by atoms with E-state index in [1.165, 1.54) is 24.3 Å². The molecule has 126 valence electrons. The van der Waals surface area contributed by atoms with Gasteiger partial charge in [-0.15, -0.1) is 0 Å². The Morgan fingerprint density at radius 1 is 1.04 bits per heavy atom. The van der Waals surface area contributed by atoms with Crippen LogP contribution >= 0.6 is 27.5 Å². The van der Waals surface area contributed by atoms with Crippen LogP contribution in [0.3, 0.4) is 0 Å². The molecule has 7 heteroatoms. The summed E-state index contributed by atoms with van der Waals surface area (Å²) in [5, 5.41) is 0.466. The van der Waals surface area contributed by atoms with Crippen molar-refractivity contribution in [2.75, 3.05) is 0 Å². The lowest BCUT2D eigenvalue weighted by molar-refractivity contribution is -0.136. The smallest absolute Gasteiger partial charge is 0.311 e. The zero-order valence-corrected chi connectivity index (χ0v) is 14.8. The molecule has 0 aliphatic rings. The molecule has 0 aliphatic heterocycles. The Hall–Kier alpha value is -1.92. The van der Waals surface area contributed by atoms with Gasteiger partial charge in [0.15, 0.2) is 0 Å². The summed E-state index contributed by atoms with van der Waals surface area (Å²) in [6.45, 7) is 0. The molecule has 2 aromatic rings. The number of benzene rings is 2. The topological polar surface area (TPSA) is 52.6 Å². The Morgan fingerprint density at radius 2 is 1.75 bits per heavy atom. The molecule has 2 aromatic carbocycles. The maximum absolute atomic E-state index is 13.0. The van der Waals surface area contributed by atoms with Crippen LogP contribution < -0.4 is 9.47 Å². The first-order chi connectivity index (χ1) is 11.4. The van der Waals surface area contributed by atoms with Gasteiger partial charge in [-0.1, -0.05) is 17.7 Å². The summed E-state index contributed by atoms with van der Waals surface area (Å²) in [4.78, 5) is 23.4. The zero-order valence-electron chi connectivity index (χ0n) is 12.4. The lowest BCUT2D eigenvalue weighted by Gasteiger charge is -2.07. The number of hydrogen-bond acceptors (Lipinski definition) is 4. The fourth-order valence-corrected chi connectivity index (χ4v) is 2.43. The molecule has 0 aromatic heterocycles. The van der Waals surface area contributed by atoms with E-state index in [-0.39, 0.29) is 25.0 Å². The number of rotatable bonds is 6. The molecule has 0 saturated heterocycles. The second-order valence-corrected chi connectivity index (χ2v) is 6.12. The second-order valence-electron chi connectivity index (χ2n) is 4.83. The molecular formula is C17H13BrClFO4. The Kier molecular flexibility index (Phi) is 6.75. The maximum atomic E-state index is 13.0. The Bertz CT molecular complexity index is 751. The summed E-state index contributed by atoms with van der Waals surface area (Å²) in [7, 11) is 0. The normalized spacial score (nSPS) is 10.3. The van der Waals surface area contributed by atoms with Crippen LogP contribution in [0.15, 0.2) is 46.9 Å². The summed E-state index contributed by atoms with van der Waals surface area (Å²) in [6.07, 6.45) is 0.373. The summed E-state index contributed by atoms with van der Waals surface area (Å²) in [5.74, 6) is -0.843. The lowest BCUT2D eigenvalue weighted by Crippen LogP contribution is -2.11. The van der Waals surface area contributed by atoms with Crippen molar-refractivity contribution in [1.29, 1.82) is 0 Å². The van der Waals surface area contributed by atoms with Crippen LogP contribution in [0, 0.1) is 5.82 Å². The Balaban J connectivity index is 1.75. The van der Waals surface area contributed by atoms with Gasteiger partial charge in [-0.25, -0.2) is 4.39 Å². The largest absolute Gasteiger partial charge is 0.426 e. The molecule has 0 fully saturated rings. The highest BCUT2D eigenvalue weighted by molar-refractivity contribution is 9.10. The third-order valence-corrected chi connectivity index (χ3v) is 3.76. The van der Waals surface area contributed by atoms with Crippen LogP contribution in [0.2, 0.25) is 5.02 Å². The number of halogens is 3. The Labute approximate surface area is 151 Å². The van der Waals surface area contributed by atoms with Crippen LogP contribution in [0.5, 0.6) is 11.5 Å². The Morgan fingerprint density at radius 3 is 2.42 bits per heavy atom. The van der Waals surface area contributed by atoms with Gasteiger partial charge in [0.2, 0.25) is 0 Å². The van der Waals surface area contributed by atoms with E-state index in [0.717, 1.165) is 0 Å². The van der Waals surface area contributed by atoms with Crippen molar-refractivity contribution in [2.24, 2.45) is 0 Å². The van der Waals surface area contributed by atoms with Gasteiger partial charge in [0.25, 0.3) is 0 Å². The summed E-state index contributed by atoms with van der Waals surface area (Å²) in [6, 6.07) is 10.2. The van der Waals surface area contributed by atoms with Crippen molar-refractivity contribution in [2.45, 2.75) is 19.3 Å². The van der Waals surface area contributed by atoms with Crippen LogP contribution in [0.4, 0.5) is 4.39 Å². The molecule has 2 rings (SSSR count). The minimum absolute atomic E-state index is 0.0362. The zero-order chi connectivity index (χ0) is 17.5. The van der Waals surface area contributed by atoms with E-state index < -0.39 is 17.8 Å². The second kappa shape index (κ2) is 8.80. The van der Waals surface area contributed by atoms with E-state index in [4.69, 9.17) is 21.1 Å². The van der Waals surface area contributed by atoms with E-state index in [1.54, 1.807) is 18.2 Å². The van der Waals surface area contributed by atoms with Crippen LogP contribution in [0.1, 0.15) is 19.3 Å². The minimum atomic E-state index is -0.516. The van der Waals surface area contributed by atoms with E-state index in [9.17, 15) is 14.0 Å². The molecule has 0 aliphatic carbocycles. The average Bonchev–Trinajstić information content (AvgIpc) is 2.50. The molecule has 0 amide bonds. The molecule has 0 saturated carbocycles. The molecule has 0 spiro atoms. The van der Waals surface area contributed by atoms with Gasteiger partial charge in [0.05, 0.1) is 4.47 Å². The monoisotopic (exact) mass is 414 g/mol. The first kappa shape index (κ1) is 18.4. The third kappa shape index (κ3) is 5.94. The molecule has 0 bridgehead atoms. The van der Waals surface area contributed by atoms with Crippen LogP contribution in [0.25, 0.3) is 0 Å². The van der Waals surface area contributed by atoms with Gasteiger partial charge in [-0.2, -0.15) is 0 Å². The average molecular weight is 416 g/mol. The standard InChI is InChI=1S/C17H13BrClFO4/c18-14-10-12(20)7-8-15(14)24-17(22)6-2-5-16(21)23-13-4-1-3-11(19)9-13/h1,3-4,7-10H,2,5-6H2. The highest BCUT2D eigenvalue weighted by Gasteiger charge is 2.11. The van der Waals surface area contributed by atoms with Gasteiger partial charge < -0.3 is 9.47 Å². The van der Waals surface area contributed by atoms with Crippen LogP contribution in [-0.4, -0.2) is 11.9 Å². The highest BCUT2D eigenvalue weighted by Crippen LogP contribution is 2.26. The minimum Gasteiger partial charge on any atom is -0.426 e. The predicted octanol–water partition coefficient (Wildman–Crippen LogP) is 4.92. The van der Waals surface area contributed by atoms with Crippen molar-refractivity contribution < 1.29 is 23.5 Å². The maximum Gasteiger partial charge on any atom is 0.311 e. The van der Waals surface area contributed by atoms with Gasteiger partial charge in [-0.3, -0.25) is 9.59 Å². The van der Waals surface area contributed by atoms with Crippen molar-refractivity contribution >= 4 is 39.5 Å². The summed E-state index contributed by atoms with van der Waals surface area (Å²) >= 11 is 8.90. The van der Waals surface area contributed by atoms with Crippen molar-refractivity contribution in [3.8, 4) is 11.5 Å². The van der Waals surface area contributed by atoms with E-state index in [1.807, 2.05) is 0 Å². The number of hydrogen-bond donors (Lipinski definition) is 0. The first-order valence-electron chi connectivity index (χ1n) is 7.06. The van der Waals surface area contributed by atoms with E-state index >= 15 is 0 Å². The molecule has 0 heterocycles. The molecule has 4 nitrogen and oxygen atoms in total. The lowest BCUT2D eigenvalue weighted by atomic mass is 10.2. The van der Waals surface area contributed by atoms with Gasteiger partial charge in [0.1, 0.15) is 17.3 Å². The van der Waals surface area contributed by atoms with Crippen molar-refractivity contribution in [3.05, 3.63) is 57.8 Å². The fourth-order valence-electron chi connectivity index (χ4n) is 1.82. The van der Waals surface area contributed by atoms with Gasteiger partial charge >= 0.3 is 11.9 Å². The third-order valence-electron chi connectivity index (χ3n) is 2.91. The number of esters is 2. The van der Waals surface area contributed by atoms with Crippen molar-refractivity contribution in [1.82, 2.24) is 0 Å². The summed E-state index contributed by atoms with van der Waals surface area (Å²) < 4.78 is 23.5. The molecule has 0 N–H and O–H groups in total. The van der Waals surface area contributed by atoms with Crippen LogP contribution in [-0.2, 0) is 9.59 Å². The molecule has 0 atom stereocenters. The van der Waals surface area contributed by atoms with Gasteiger partial charge in [-0.05, 0) is 58.7 Å². The van der Waals surface area contributed by atoms with E-state index in [2.05, 4.69) is 15.9 Å². The SMILES string of the molecule is O=C(CCCC(=O)Oc1ccc(F)cc1Br)Oc1cccc(Cl)c1. The van der Waals surface area contributed by atoms with E-state index in [0.29, 0.717) is 15.2 Å². The van der Waals surface area contributed by atoms with Crippen molar-refractivity contribution in [3.63, 3.8) is 0 Å². The van der Waals surface area contributed by atoms with Gasteiger partial charge in [0, 0.05) is 17.9 Å². The number of ether oxygens (including phenoxy) is 2. The highest BCUT2D eigenvalue weighted by atomic mass is 79.9. The fraction of sp³-hybridized carbons (Fsp3) is 0.176. The summed E-state index contributed by atoms with van der Waals surface area (Å²) in [5.41, 5.74) is 0. The number of carbonyl (C=O) groups excluding carboxylic acids is 2. The molecule has 24 heavy (non-hydrogen) atoms. The quantitative estimate of drug-likeness (QED) is 0.496. The molecule has 0 radical (unpaired) electrons. The molecule has 0 unspecified atom stereocenters. The predicted molar refractivity (Wildman–Crippen MR) is 90.7 cm³/mol. The molecular weight excluding hydrogens is 403 g/mol. The first-order valence-corrected chi connectivity index (χ1v) is 8.23. The number of carbonyl (C=O) groups is 2.